The summed E-state index contributed by atoms with van der Waals surface area (Å²) in [5.41, 5.74) is -1.70. The van der Waals surface area contributed by atoms with Gasteiger partial charge in [-0.05, 0) is 42.4 Å². The van der Waals surface area contributed by atoms with Crippen LogP contribution in [0.1, 0.15) is 92.9 Å². The molecule has 0 spiro atoms. The maximum atomic E-state index is 14.4. The van der Waals surface area contributed by atoms with Crippen LogP contribution >= 0.6 is 0 Å². The molecule has 1 saturated carbocycles. The molecule has 0 aromatic carbocycles. The highest BCUT2D eigenvalue weighted by Gasteiger charge is 2.48. The number of amides is 5. The van der Waals surface area contributed by atoms with Gasteiger partial charge in [-0.25, -0.2) is 4.79 Å². The molecule has 0 bridgehead atoms. The first kappa shape index (κ1) is 39.0. The van der Waals surface area contributed by atoms with Gasteiger partial charge in [0.15, 0.2) is 0 Å². The van der Waals surface area contributed by atoms with Crippen LogP contribution in [0.15, 0.2) is 0 Å². The van der Waals surface area contributed by atoms with Crippen LogP contribution in [0.5, 0.6) is 0 Å². The summed E-state index contributed by atoms with van der Waals surface area (Å²) in [5, 5.41) is 11.0. The molecule has 2 aliphatic rings. The molecule has 2 fully saturated rings. The topological polar surface area (TPSA) is 160 Å². The number of urea groups is 1. The first-order valence-electron chi connectivity index (χ1n) is 16.1. The Hall–Kier alpha value is -3.22. The number of nitrogens with zero attached hydrogens (tertiary/aromatic N) is 1. The van der Waals surface area contributed by atoms with Crippen molar-refractivity contribution in [2.75, 3.05) is 25.1 Å². The van der Waals surface area contributed by atoms with Crippen LogP contribution in [0.4, 0.5) is 4.79 Å². The maximum absolute atomic E-state index is 14.4. The smallest absolute Gasteiger partial charge is 0.316 e. The van der Waals surface area contributed by atoms with Gasteiger partial charge in [0.2, 0.25) is 17.6 Å². The van der Waals surface area contributed by atoms with Crippen molar-refractivity contribution < 1.29 is 28.5 Å². The number of hydrogen-bond donors (Lipinski definition) is 4. The largest absolute Gasteiger partial charge is 0.616 e. The van der Waals surface area contributed by atoms with Gasteiger partial charge >= 0.3 is 6.03 Å². The molecular weight excluding hydrogens is 606 g/mol. The number of piperidine rings is 1. The van der Waals surface area contributed by atoms with Crippen LogP contribution in [0.3, 0.4) is 0 Å². The van der Waals surface area contributed by atoms with Crippen LogP contribution in [0, 0.1) is 41.4 Å². The lowest BCUT2D eigenvalue weighted by Crippen LogP contribution is -2.66. The van der Waals surface area contributed by atoms with Gasteiger partial charge in [-0.1, -0.05) is 77.9 Å². The molecule has 1 aliphatic heterocycles. The highest BCUT2D eigenvalue weighted by atomic mass is 32.2. The zero-order chi connectivity index (χ0) is 34.9. The molecule has 12 heteroatoms. The molecule has 11 nitrogen and oxygen atoms in total. The SMILES string of the molecule is C#CCCC(NC(=O)[C@@H]1CC(C)(C)C(C)CN1C(=O)[C@@H](NC(=O)NC1(C[S+](C)[O-])CCCCC1)C(C)(C)C)C(=O)C(=O)NCC#C. The second kappa shape index (κ2) is 16.6. The summed E-state index contributed by atoms with van der Waals surface area (Å²) >= 11 is -1.13. The summed E-state index contributed by atoms with van der Waals surface area (Å²) in [6, 6.07) is -3.71. The quantitative estimate of drug-likeness (QED) is 0.143. The van der Waals surface area contributed by atoms with Gasteiger partial charge in [-0.3, -0.25) is 19.2 Å². The van der Waals surface area contributed by atoms with Crippen molar-refractivity contribution in [2.45, 2.75) is 117 Å². The average molecular weight is 660 g/mol. The minimum absolute atomic E-state index is 0.00777. The Kier molecular flexibility index (Phi) is 14.0. The Morgan fingerprint density at radius 3 is 2.22 bits per heavy atom. The molecule has 0 aromatic rings. The predicted octanol–water partition coefficient (Wildman–Crippen LogP) is 2.26. The monoisotopic (exact) mass is 659 g/mol. The zero-order valence-electron chi connectivity index (χ0n) is 28.5. The van der Waals surface area contributed by atoms with E-state index in [4.69, 9.17) is 12.8 Å². The molecule has 0 radical (unpaired) electrons. The molecule has 1 saturated heterocycles. The first-order valence-corrected chi connectivity index (χ1v) is 17.8. The van der Waals surface area contributed by atoms with Crippen LogP contribution in [0.2, 0.25) is 0 Å². The molecule has 5 amide bonds. The Balaban J connectivity index is 2.38. The predicted molar refractivity (Wildman–Crippen MR) is 180 cm³/mol. The van der Waals surface area contributed by atoms with E-state index in [0.29, 0.717) is 25.0 Å². The summed E-state index contributed by atoms with van der Waals surface area (Å²) in [6.45, 7) is 11.6. The maximum Gasteiger partial charge on any atom is 0.316 e. The fourth-order valence-electron chi connectivity index (χ4n) is 6.24. The van der Waals surface area contributed by atoms with Gasteiger partial charge in [0.05, 0.1) is 24.4 Å². The molecule has 3 unspecified atom stereocenters. The third-order valence-electron chi connectivity index (χ3n) is 9.33. The van der Waals surface area contributed by atoms with Crippen molar-refractivity contribution in [3.8, 4) is 24.7 Å². The molecule has 4 N–H and O–H groups in total. The number of rotatable bonds is 12. The van der Waals surface area contributed by atoms with Crippen molar-refractivity contribution in [1.29, 1.82) is 0 Å². The molecule has 5 atom stereocenters. The number of carbonyl (C=O) groups excluding carboxylic acids is 5. The van der Waals surface area contributed by atoms with E-state index < -0.39 is 69.8 Å². The summed E-state index contributed by atoms with van der Waals surface area (Å²) < 4.78 is 12.2. The van der Waals surface area contributed by atoms with Crippen molar-refractivity contribution >= 4 is 40.7 Å². The minimum Gasteiger partial charge on any atom is -0.616 e. The third-order valence-corrected chi connectivity index (χ3v) is 10.3. The Labute approximate surface area is 278 Å². The summed E-state index contributed by atoms with van der Waals surface area (Å²) in [4.78, 5) is 68.7. The standard InChI is InChI=1S/C34H53N5O6S/c1-10-12-16-24(26(40)29(42)35-19-11-2)36-28(41)25-20-33(7,8)23(3)21-39(25)30(43)27(32(4,5)6)37-31(44)38-34(22-46(9)45)17-14-13-15-18-34/h1-2,23-25,27H,12-22H2,3-9H3,(H,35,42)(H,36,41)(H2,37,38,44)/t23?,24?,25-,27+,46?/m0/s1. The van der Waals surface area contributed by atoms with Crippen molar-refractivity contribution in [1.82, 2.24) is 26.2 Å². The van der Waals surface area contributed by atoms with Crippen molar-refractivity contribution in [3.05, 3.63) is 0 Å². The van der Waals surface area contributed by atoms with E-state index >= 15 is 0 Å². The minimum atomic E-state index is -1.21. The van der Waals surface area contributed by atoms with Gasteiger partial charge in [0, 0.05) is 13.0 Å². The lowest BCUT2D eigenvalue weighted by molar-refractivity contribution is -0.151. The van der Waals surface area contributed by atoms with E-state index in [9.17, 15) is 28.5 Å². The molecule has 1 heterocycles. The molecule has 1 aliphatic carbocycles. The summed E-state index contributed by atoms with van der Waals surface area (Å²) in [6.07, 6.45) is 17.0. The number of carbonyl (C=O) groups is 5. The second-order valence-electron chi connectivity index (χ2n) is 14.6. The number of ketones is 1. The lowest BCUT2D eigenvalue weighted by Gasteiger charge is -2.49. The average Bonchev–Trinajstić information content (AvgIpc) is 2.96. The van der Waals surface area contributed by atoms with Gasteiger partial charge in [-0.2, -0.15) is 0 Å². The Morgan fingerprint density at radius 2 is 1.67 bits per heavy atom. The van der Waals surface area contributed by atoms with Crippen LogP contribution in [0.25, 0.3) is 0 Å². The molecule has 256 valence electrons. The van der Waals surface area contributed by atoms with E-state index in [-0.39, 0.29) is 37.3 Å². The van der Waals surface area contributed by atoms with Gasteiger partial charge in [-0.15, -0.1) is 18.8 Å². The summed E-state index contributed by atoms with van der Waals surface area (Å²) in [7, 11) is 0. The number of hydrogen-bond acceptors (Lipinski definition) is 6. The van der Waals surface area contributed by atoms with Gasteiger partial charge in [0.1, 0.15) is 17.8 Å². The third kappa shape index (κ3) is 10.7. The fraction of sp³-hybridized carbons (Fsp3) is 0.735. The normalized spacial score (nSPS) is 22.5. The van der Waals surface area contributed by atoms with E-state index in [1.54, 1.807) is 6.26 Å². The first-order chi connectivity index (χ1) is 21.4. The number of terminal acetylenes is 2. The van der Waals surface area contributed by atoms with Gasteiger partial charge < -0.3 is 30.7 Å². The van der Waals surface area contributed by atoms with E-state index in [0.717, 1.165) is 19.3 Å². The zero-order valence-corrected chi connectivity index (χ0v) is 29.4. The highest BCUT2D eigenvalue weighted by Crippen LogP contribution is 2.39. The Bertz CT molecular complexity index is 1210. The van der Waals surface area contributed by atoms with E-state index in [2.05, 4.69) is 33.1 Å². The number of Topliss-reactive ketones (excluding diaryl/α,β-unsaturated/α-hetero) is 1. The lowest BCUT2D eigenvalue weighted by atomic mass is 9.71. The van der Waals surface area contributed by atoms with Crippen LogP contribution < -0.4 is 21.3 Å². The van der Waals surface area contributed by atoms with E-state index in [1.165, 1.54) is 4.90 Å². The summed E-state index contributed by atoms with van der Waals surface area (Å²) in [5.74, 6) is 2.17. The molecular formula is C34H53N5O6S. The van der Waals surface area contributed by atoms with Gasteiger partial charge in [0.25, 0.3) is 5.91 Å². The van der Waals surface area contributed by atoms with Crippen molar-refractivity contribution in [3.63, 3.8) is 0 Å². The second-order valence-corrected chi connectivity index (χ2v) is 16.0. The van der Waals surface area contributed by atoms with Crippen LogP contribution in [-0.4, -0.2) is 87.8 Å². The molecule has 2 rings (SSSR count). The van der Waals surface area contributed by atoms with Crippen LogP contribution in [-0.2, 0) is 30.4 Å². The highest BCUT2D eigenvalue weighted by molar-refractivity contribution is 7.90. The molecule has 46 heavy (non-hydrogen) atoms. The van der Waals surface area contributed by atoms with Crippen molar-refractivity contribution in [2.24, 2.45) is 16.7 Å². The molecule has 0 aromatic heterocycles. The van der Waals surface area contributed by atoms with E-state index in [1.807, 2.05) is 41.5 Å². The Morgan fingerprint density at radius 1 is 1.04 bits per heavy atom. The number of nitrogens with one attached hydrogen (secondary N) is 4. The number of likely N-dealkylation sites (tertiary alicyclic amines) is 1. The fourth-order valence-corrected chi connectivity index (χ4v) is 7.38.